The molecule has 0 aromatic carbocycles. The second-order valence-corrected chi connectivity index (χ2v) is 15.3. The van der Waals surface area contributed by atoms with Crippen molar-refractivity contribution in [1.29, 1.82) is 0 Å². The van der Waals surface area contributed by atoms with Gasteiger partial charge in [-0.25, -0.2) is 0 Å². The Kier molecular flexibility index (Phi) is 5.74. The SMILES string of the molecule is CC1C(=O)CCC2(C)C1CCC1(C)C2CCC2C3CCCC3(C(=O)C3OC(CO)C4OC4C3O)CC[C@]21C. The van der Waals surface area contributed by atoms with Gasteiger partial charge in [-0.1, -0.05) is 34.1 Å². The summed E-state index contributed by atoms with van der Waals surface area (Å²) in [5.74, 6) is 2.74. The van der Waals surface area contributed by atoms with Gasteiger partial charge in [0.25, 0.3) is 0 Å². The lowest BCUT2D eigenvalue weighted by molar-refractivity contribution is -0.226. The molecule has 0 bridgehead atoms. The number of ether oxygens (including phenoxy) is 2. The molecule has 7 fully saturated rings. The maximum atomic E-state index is 14.4. The predicted octanol–water partition coefficient (Wildman–Crippen LogP) is 4.48. The molecule has 5 aliphatic carbocycles. The fraction of sp³-hybridized carbons (Fsp3) is 0.938. The first-order valence-electron chi connectivity index (χ1n) is 15.7. The maximum Gasteiger partial charge on any atom is 0.170 e. The number of hydrogen-bond donors (Lipinski definition) is 2. The molecule has 0 radical (unpaired) electrons. The molecule has 7 aliphatic rings. The van der Waals surface area contributed by atoms with Gasteiger partial charge in [0, 0.05) is 17.8 Å². The van der Waals surface area contributed by atoms with Gasteiger partial charge < -0.3 is 19.7 Å². The Bertz CT molecular complexity index is 1030. The Balaban J connectivity index is 1.19. The molecule has 38 heavy (non-hydrogen) atoms. The number of carbonyl (C=O) groups is 2. The van der Waals surface area contributed by atoms with Crippen molar-refractivity contribution in [3.8, 4) is 0 Å². The van der Waals surface area contributed by atoms with Gasteiger partial charge in [0.15, 0.2) is 5.78 Å². The van der Waals surface area contributed by atoms with Crippen molar-refractivity contribution in [2.75, 3.05) is 6.61 Å². The fourth-order valence-electron chi connectivity index (χ4n) is 12.3. The van der Waals surface area contributed by atoms with Crippen LogP contribution in [0.15, 0.2) is 0 Å². The van der Waals surface area contributed by atoms with Crippen molar-refractivity contribution in [2.24, 2.45) is 51.2 Å². The van der Waals surface area contributed by atoms with Crippen LogP contribution in [0.3, 0.4) is 0 Å². The summed E-state index contributed by atoms with van der Waals surface area (Å²) in [4.78, 5) is 27.1. The molecule has 0 aromatic rings. The van der Waals surface area contributed by atoms with Crippen LogP contribution in [0.25, 0.3) is 0 Å². The normalized spacial score (nSPS) is 59.2. The van der Waals surface area contributed by atoms with Crippen LogP contribution in [0.2, 0.25) is 0 Å². The van der Waals surface area contributed by atoms with Crippen LogP contribution in [-0.2, 0) is 19.1 Å². The maximum absolute atomic E-state index is 14.4. The van der Waals surface area contributed by atoms with Crippen LogP contribution in [-0.4, -0.2) is 58.9 Å². The number of ketones is 2. The summed E-state index contributed by atoms with van der Waals surface area (Å²) in [7, 11) is 0. The monoisotopic (exact) mass is 528 g/mol. The number of rotatable bonds is 3. The number of fused-ring (bicyclic) bond motifs is 8. The van der Waals surface area contributed by atoms with Crippen LogP contribution in [0.5, 0.6) is 0 Å². The first kappa shape index (κ1) is 26.1. The quantitative estimate of drug-likeness (QED) is 0.525. The fourth-order valence-corrected chi connectivity index (χ4v) is 12.3. The van der Waals surface area contributed by atoms with Gasteiger partial charge in [-0.15, -0.1) is 0 Å². The second-order valence-electron chi connectivity index (χ2n) is 15.3. The first-order chi connectivity index (χ1) is 18.0. The van der Waals surface area contributed by atoms with E-state index in [2.05, 4.69) is 27.7 Å². The van der Waals surface area contributed by atoms with E-state index in [0.29, 0.717) is 29.5 Å². The number of epoxide rings is 1. The predicted molar refractivity (Wildman–Crippen MR) is 141 cm³/mol. The van der Waals surface area contributed by atoms with E-state index in [-0.39, 0.29) is 46.8 Å². The zero-order valence-corrected chi connectivity index (χ0v) is 23.8. The lowest BCUT2D eigenvalue weighted by Crippen LogP contribution is -2.66. The summed E-state index contributed by atoms with van der Waals surface area (Å²) in [6, 6.07) is 0. The molecule has 14 atom stereocenters. The lowest BCUT2D eigenvalue weighted by Gasteiger charge is -2.71. The Labute approximate surface area is 227 Å². The molecule has 13 unspecified atom stereocenters. The van der Waals surface area contributed by atoms with Gasteiger partial charge in [0.05, 0.1) is 6.61 Å². The standard InChI is InChI=1S/C32H48O6/c1-17-18-9-13-31(4)23(29(18,2)12-10-21(17)34)8-7-19-20-6-5-11-32(20,15-14-30(19,31)3)28(36)27-24(35)26-25(38-26)22(16-33)37-27/h17-20,22-27,33,35H,5-16H2,1-4H3/t17?,18?,19?,20?,22?,23?,24?,25?,26?,27?,29?,30-,31?,32?/m1/s1. The van der Waals surface area contributed by atoms with Crippen molar-refractivity contribution in [3.63, 3.8) is 0 Å². The zero-order valence-electron chi connectivity index (χ0n) is 23.8. The Hall–Kier alpha value is -0.820. The summed E-state index contributed by atoms with van der Waals surface area (Å²) in [6.07, 6.45) is 8.50. The van der Waals surface area contributed by atoms with E-state index in [4.69, 9.17) is 9.47 Å². The van der Waals surface area contributed by atoms with E-state index in [1.165, 1.54) is 19.3 Å². The van der Waals surface area contributed by atoms with Gasteiger partial charge in [0.2, 0.25) is 0 Å². The van der Waals surface area contributed by atoms with E-state index in [0.717, 1.165) is 51.4 Å². The third kappa shape index (κ3) is 3.10. The third-order valence-corrected chi connectivity index (χ3v) is 14.5. The van der Waals surface area contributed by atoms with Gasteiger partial charge in [-0.2, -0.15) is 0 Å². The van der Waals surface area contributed by atoms with E-state index in [9.17, 15) is 19.8 Å². The molecule has 0 spiro atoms. The minimum atomic E-state index is -0.932. The molecule has 2 aliphatic heterocycles. The molecule has 5 saturated carbocycles. The van der Waals surface area contributed by atoms with Gasteiger partial charge in [-0.3, -0.25) is 9.59 Å². The molecule has 6 heteroatoms. The topological polar surface area (TPSA) is 96.4 Å². The molecular weight excluding hydrogens is 480 g/mol. The van der Waals surface area contributed by atoms with Crippen LogP contribution in [0.4, 0.5) is 0 Å². The smallest absolute Gasteiger partial charge is 0.170 e. The first-order valence-corrected chi connectivity index (χ1v) is 15.7. The van der Waals surface area contributed by atoms with E-state index >= 15 is 0 Å². The van der Waals surface area contributed by atoms with E-state index < -0.39 is 23.7 Å². The lowest BCUT2D eigenvalue weighted by atomic mass is 9.33. The Morgan fingerprint density at radius 1 is 0.895 bits per heavy atom. The average Bonchev–Trinajstić information content (AvgIpc) is 3.59. The Morgan fingerprint density at radius 3 is 2.45 bits per heavy atom. The van der Waals surface area contributed by atoms with Gasteiger partial charge >= 0.3 is 0 Å². The minimum Gasteiger partial charge on any atom is -0.394 e. The van der Waals surface area contributed by atoms with Crippen molar-refractivity contribution in [1.82, 2.24) is 0 Å². The van der Waals surface area contributed by atoms with Crippen molar-refractivity contribution in [2.45, 2.75) is 129 Å². The number of Topliss-reactive ketones (excluding diaryl/α,β-unsaturated/α-hetero) is 2. The summed E-state index contributed by atoms with van der Waals surface area (Å²) in [5, 5.41) is 20.8. The molecule has 0 amide bonds. The largest absolute Gasteiger partial charge is 0.394 e. The highest BCUT2D eigenvalue weighted by Crippen LogP contribution is 2.76. The minimum absolute atomic E-state index is 0.0875. The zero-order chi connectivity index (χ0) is 26.8. The summed E-state index contributed by atoms with van der Waals surface area (Å²) in [5.41, 5.74) is 0.205. The molecule has 2 heterocycles. The van der Waals surface area contributed by atoms with Crippen molar-refractivity contribution >= 4 is 11.6 Å². The molecule has 2 N–H and O–H groups in total. The highest BCUT2D eigenvalue weighted by Gasteiger charge is 2.71. The Morgan fingerprint density at radius 2 is 1.68 bits per heavy atom. The number of aliphatic hydroxyl groups excluding tert-OH is 2. The molecule has 0 aromatic heterocycles. The number of carbonyl (C=O) groups excluding carboxylic acids is 2. The number of hydrogen-bond acceptors (Lipinski definition) is 6. The molecule has 6 nitrogen and oxygen atoms in total. The van der Waals surface area contributed by atoms with Crippen LogP contribution < -0.4 is 0 Å². The molecular formula is C32H48O6. The van der Waals surface area contributed by atoms with E-state index in [1.54, 1.807) is 0 Å². The van der Waals surface area contributed by atoms with Crippen LogP contribution >= 0.6 is 0 Å². The van der Waals surface area contributed by atoms with Gasteiger partial charge in [-0.05, 0) is 97.7 Å². The van der Waals surface area contributed by atoms with Crippen LogP contribution in [0.1, 0.15) is 98.3 Å². The molecule has 7 rings (SSSR count). The average molecular weight is 529 g/mol. The summed E-state index contributed by atoms with van der Waals surface area (Å²) in [6.45, 7) is 9.68. The highest BCUT2D eigenvalue weighted by atomic mass is 16.7. The molecule has 212 valence electrons. The van der Waals surface area contributed by atoms with E-state index in [1.807, 2.05) is 0 Å². The summed E-state index contributed by atoms with van der Waals surface area (Å²) < 4.78 is 11.7. The van der Waals surface area contributed by atoms with Gasteiger partial charge in [0.1, 0.15) is 36.3 Å². The second kappa shape index (κ2) is 8.36. The highest BCUT2D eigenvalue weighted by molar-refractivity contribution is 5.90. The molecule has 2 saturated heterocycles. The van der Waals surface area contributed by atoms with Crippen molar-refractivity contribution < 1.29 is 29.3 Å². The van der Waals surface area contributed by atoms with Crippen molar-refractivity contribution in [3.05, 3.63) is 0 Å². The third-order valence-electron chi connectivity index (χ3n) is 14.5. The number of aliphatic hydroxyl groups is 2. The summed E-state index contributed by atoms with van der Waals surface area (Å²) >= 11 is 0. The van der Waals surface area contributed by atoms with Crippen LogP contribution in [0, 0.1) is 51.2 Å².